The van der Waals surface area contributed by atoms with E-state index in [0.29, 0.717) is 13.0 Å². The Morgan fingerprint density at radius 1 is 1.70 bits per heavy atom. The van der Waals surface area contributed by atoms with E-state index in [1.807, 2.05) is 7.05 Å². The Morgan fingerprint density at radius 2 is 2.30 bits per heavy atom. The monoisotopic (exact) mass is 145 g/mol. The second kappa shape index (κ2) is 2.50. The van der Waals surface area contributed by atoms with Gasteiger partial charge >= 0.3 is 0 Å². The normalized spacial score (nSPS) is 42.6. The third-order valence-electron chi connectivity index (χ3n) is 2.82. The maximum absolute atomic E-state index is 12.8. The van der Waals surface area contributed by atoms with E-state index in [9.17, 15) is 4.39 Å². The lowest BCUT2D eigenvalue weighted by Crippen LogP contribution is -2.37. The molecule has 1 nitrogen and oxygen atoms in total. The van der Waals surface area contributed by atoms with Crippen LogP contribution in [0.25, 0.3) is 0 Å². The molecule has 0 aromatic carbocycles. The molecule has 1 rings (SSSR count). The summed E-state index contributed by atoms with van der Waals surface area (Å²) >= 11 is 0. The van der Waals surface area contributed by atoms with Gasteiger partial charge in [0.1, 0.15) is 6.17 Å². The summed E-state index contributed by atoms with van der Waals surface area (Å²) in [6.45, 7) is 4.87. The molecule has 0 amide bonds. The lowest BCUT2D eigenvalue weighted by molar-refractivity contribution is 0.189. The molecule has 10 heavy (non-hydrogen) atoms. The average Bonchev–Trinajstić information content (AvgIpc) is 2.09. The van der Waals surface area contributed by atoms with Crippen LogP contribution in [0.1, 0.15) is 26.7 Å². The third kappa shape index (κ3) is 1.17. The zero-order valence-corrected chi connectivity index (χ0v) is 7.02. The molecule has 2 atom stereocenters. The van der Waals surface area contributed by atoms with Gasteiger partial charge in [0.25, 0.3) is 0 Å². The molecule has 1 fully saturated rings. The summed E-state index contributed by atoms with van der Waals surface area (Å²) in [5, 5.41) is 0. The number of halogens is 1. The summed E-state index contributed by atoms with van der Waals surface area (Å²) in [5.74, 6) is 0. The molecule has 0 spiro atoms. The molecule has 1 heterocycles. The van der Waals surface area contributed by atoms with Crippen LogP contribution in [0.4, 0.5) is 4.39 Å². The molecular formula is C8H16FN. The minimum atomic E-state index is -0.602. The minimum absolute atomic E-state index is 0.124. The van der Waals surface area contributed by atoms with Crippen molar-refractivity contribution in [3.63, 3.8) is 0 Å². The van der Waals surface area contributed by atoms with Crippen molar-refractivity contribution in [3.8, 4) is 0 Å². The van der Waals surface area contributed by atoms with Crippen molar-refractivity contribution >= 4 is 0 Å². The zero-order chi connectivity index (χ0) is 7.78. The number of hydrogen-bond acceptors (Lipinski definition) is 1. The Labute approximate surface area is 62.2 Å². The fourth-order valence-electron chi connectivity index (χ4n) is 1.63. The minimum Gasteiger partial charge on any atom is -0.298 e. The number of alkyl halides is 1. The lowest BCUT2D eigenvalue weighted by atomic mass is 9.96. The highest BCUT2D eigenvalue weighted by Gasteiger charge is 2.38. The number of likely N-dealkylation sites (tertiary alicyclic amines) is 1. The van der Waals surface area contributed by atoms with Gasteiger partial charge in [0, 0.05) is 12.1 Å². The molecule has 0 aromatic rings. The lowest BCUT2D eigenvalue weighted by Gasteiger charge is -2.30. The van der Waals surface area contributed by atoms with Crippen LogP contribution < -0.4 is 0 Å². The fraction of sp³-hybridized carbons (Fsp3) is 1.00. The van der Waals surface area contributed by atoms with Gasteiger partial charge in [0.05, 0.1) is 0 Å². The van der Waals surface area contributed by atoms with Gasteiger partial charge in [-0.25, -0.2) is 4.39 Å². The van der Waals surface area contributed by atoms with Crippen molar-refractivity contribution in [1.29, 1.82) is 0 Å². The number of hydrogen-bond donors (Lipinski definition) is 0. The summed E-state index contributed by atoms with van der Waals surface area (Å²) in [7, 11) is 2.00. The van der Waals surface area contributed by atoms with E-state index < -0.39 is 6.17 Å². The van der Waals surface area contributed by atoms with Crippen molar-refractivity contribution in [2.75, 3.05) is 13.6 Å². The Balaban J connectivity index is 2.61. The van der Waals surface area contributed by atoms with Gasteiger partial charge in [-0.05, 0) is 26.8 Å². The summed E-state index contributed by atoms with van der Waals surface area (Å²) in [6.07, 6.45) is 1.15. The van der Waals surface area contributed by atoms with Gasteiger partial charge in [-0.2, -0.15) is 0 Å². The molecule has 0 aromatic heterocycles. The average molecular weight is 145 g/mol. The van der Waals surface area contributed by atoms with E-state index in [1.165, 1.54) is 0 Å². The number of nitrogens with zero attached hydrogens (tertiary/aromatic N) is 1. The third-order valence-corrected chi connectivity index (χ3v) is 2.82. The predicted octanol–water partition coefficient (Wildman–Crippen LogP) is 1.83. The Bertz CT molecular complexity index is 126. The standard InChI is InChI=1S/C8H16FN/c1-4-8(2)5-7(9)6-10(8)3/h7H,4-6H2,1-3H3/t7-,8?/m1/s1. The second-order valence-corrected chi connectivity index (χ2v) is 3.53. The molecule has 2 heteroatoms. The van der Waals surface area contributed by atoms with Gasteiger partial charge in [-0.3, -0.25) is 4.90 Å². The van der Waals surface area contributed by atoms with Crippen LogP contribution in [0.5, 0.6) is 0 Å². The predicted molar refractivity (Wildman–Crippen MR) is 40.8 cm³/mol. The fourth-order valence-corrected chi connectivity index (χ4v) is 1.63. The van der Waals surface area contributed by atoms with Crippen molar-refractivity contribution in [3.05, 3.63) is 0 Å². The van der Waals surface area contributed by atoms with Crippen LogP contribution in [0, 0.1) is 0 Å². The van der Waals surface area contributed by atoms with Crippen LogP contribution >= 0.6 is 0 Å². The summed E-state index contributed by atoms with van der Waals surface area (Å²) < 4.78 is 12.8. The first-order valence-corrected chi connectivity index (χ1v) is 3.94. The molecule has 1 unspecified atom stereocenters. The summed E-state index contributed by atoms with van der Waals surface area (Å²) in [6, 6.07) is 0. The largest absolute Gasteiger partial charge is 0.298 e. The van der Waals surface area contributed by atoms with E-state index in [0.717, 1.165) is 6.42 Å². The summed E-state index contributed by atoms with van der Waals surface area (Å²) in [4.78, 5) is 2.12. The van der Waals surface area contributed by atoms with Crippen LogP contribution in [0.3, 0.4) is 0 Å². The van der Waals surface area contributed by atoms with Gasteiger partial charge in [0.2, 0.25) is 0 Å². The van der Waals surface area contributed by atoms with Crippen molar-refractivity contribution in [2.45, 2.75) is 38.4 Å². The first-order chi connectivity index (χ1) is 4.58. The molecule has 0 saturated carbocycles. The second-order valence-electron chi connectivity index (χ2n) is 3.53. The van der Waals surface area contributed by atoms with E-state index in [2.05, 4.69) is 18.7 Å². The summed E-state index contributed by atoms with van der Waals surface area (Å²) in [5.41, 5.74) is 0.124. The highest BCUT2D eigenvalue weighted by atomic mass is 19.1. The molecule has 60 valence electrons. The van der Waals surface area contributed by atoms with Crippen molar-refractivity contribution in [2.24, 2.45) is 0 Å². The highest BCUT2D eigenvalue weighted by Crippen LogP contribution is 2.31. The first kappa shape index (κ1) is 7.99. The Hall–Kier alpha value is -0.110. The topological polar surface area (TPSA) is 3.24 Å². The van der Waals surface area contributed by atoms with Crippen LogP contribution in [0.2, 0.25) is 0 Å². The highest BCUT2D eigenvalue weighted by molar-refractivity contribution is 4.93. The molecule has 0 bridgehead atoms. The molecular weight excluding hydrogens is 129 g/mol. The quantitative estimate of drug-likeness (QED) is 0.544. The molecule has 1 saturated heterocycles. The van der Waals surface area contributed by atoms with E-state index in [1.54, 1.807) is 0 Å². The molecule has 0 radical (unpaired) electrons. The maximum atomic E-state index is 12.8. The van der Waals surface area contributed by atoms with Crippen molar-refractivity contribution < 1.29 is 4.39 Å². The van der Waals surface area contributed by atoms with Crippen LogP contribution in [-0.2, 0) is 0 Å². The maximum Gasteiger partial charge on any atom is 0.114 e. The number of rotatable bonds is 1. The molecule has 0 aliphatic carbocycles. The van der Waals surface area contributed by atoms with Crippen molar-refractivity contribution in [1.82, 2.24) is 4.90 Å². The zero-order valence-electron chi connectivity index (χ0n) is 7.02. The molecule has 0 N–H and O–H groups in total. The molecule has 1 aliphatic heterocycles. The van der Waals surface area contributed by atoms with E-state index in [4.69, 9.17) is 0 Å². The molecule has 1 aliphatic rings. The first-order valence-electron chi connectivity index (χ1n) is 3.94. The Morgan fingerprint density at radius 3 is 2.50 bits per heavy atom. The van der Waals surface area contributed by atoms with Gasteiger partial charge < -0.3 is 0 Å². The van der Waals surface area contributed by atoms with Crippen LogP contribution in [-0.4, -0.2) is 30.2 Å². The van der Waals surface area contributed by atoms with E-state index in [-0.39, 0.29) is 5.54 Å². The smallest absolute Gasteiger partial charge is 0.114 e. The van der Waals surface area contributed by atoms with Gasteiger partial charge in [-0.1, -0.05) is 6.92 Å². The Kier molecular flexibility index (Phi) is 1.99. The SMILES string of the molecule is CCC1(C)C[C@@H](F)CN1C. The van der Waals surface area contributed by atoms with Gasteiger partial charge in [0.15, 0.2) is 0 Å². The van der Waals surface area contributed by atoms with Gasteiger partial charge in [-0.15, -0.1) is 0 Å². The van der Waals surface area contributed by atoms with Crippen LogP contribution in [0.15, 0.2) is 0 Å². The van der Waals surface area contributed by atoms with E-state index >= 15 is 0 Å².